The Morgan fingerprint density at radius 2 is 1.84 bits per heavy atom. The van der Waals surface area contributed by atoms with Crippen molar-refractivity contribution in [1.29, 1.82) is 0 Å². The monoisotopic (exact) mass is 353 g/mol. The maximum Gasteiger partial charge on any atom is 0.255 e. The number of rotatable bonds is 4. The third kappa shape index (κ3) is 3.91. The molecule has 3 rings (SSSR count). The van der Waals surface area contributed by atoms with Gasteiger partial charge in [-0.1, -0.05) is 41.4 Å². The van der Waals surface area contributed by atoms with Crippen molar-refractivity contribution in [2.45, 2.75) is 27.3 Å². The Labute approximate surface area is 152 Å². The van der Waals surface area contributed by atoms with E-state index in [9.17, 15) is 4.79 Å². The van der Waals surface area contributed by atoms with Gasteiger partial charge in [-0.25, -0.2) is 0 Å². The van der Waals surface area contributed by atoms with Crippen molar-refractivity contribution in [2.75, 3.05) is 5.32 Å². The van der Waals surface area contributed by atoms with E-state index in [1.807, 2.05) is 74.0 Å². The zero-order chi connectivity index (χ0) is 18.0. The van der Waals surface area contributed by atoms with Crippen LogP contribution in [0.25, 0.3) is 0 Å². The number of halogens is 1. The van der Waals surface area contributed by atoms with E-state index < -0.39 is 0 Å². The maximum atomic E-state index is 12.5. The molecule has 0 aliphatic rings. The molecule has 0 saturated heterocycles. The van der Waals surface area contributed by atoms with Crippen molar-refractivity contribution < 1.29 is 4.79 Å². The lowest BCUT2D eigenvalue weighted by Crippen LogP contribution is -2.13. The van der Waals surface area contributed by atoms with E-state index >= 15 is 0 Å². The molecule has 4 nitrogen and oxygen atoms in total. The molecule has 0 aliphatic carbocycles. The van der Waals surface area contributed by atoms with E-state index in [2.05, 4.69) is 10.4 Å². The van der Waals surface area contributed by atoms with Gasteiger partial charge < -0.3 is 5.32 Å². The lowest BCUT2D eigenvalue weighted by atomic mass is 10.1. The number of hydrogen-bond donors (Lipinski definition) is 1. The van der Waals surface area contributed by atoms with E-state index in [1.165, 1.54) is 0 Å². The number of nitrogens with one attached hydrogen (secondary N) is 1. The van der Waals surface area contributed by atoms with E-state index in [0.717, 1.165) is 28.2 Å². The van der Waals surface area contributed by atoms with Crippen LogP contribution in [0.2, 0.25) is 5.02 Å². The Kier molecular flexibility index (Phi) is 4.91. The third-order valence-corrected chi connectivity index (χ3v) is 4.39. The van der Waals surface area contributed by atoms with Crippen LogP contribution < -0.4 is 5.32 Å². The number of aromatic nitrogens is 2. The fourth-order valence-corrected chi connectivity index (χ4v) is 2.94. The van der Waals surface area contributed by atoms with Crippen LogP contribution in [0.1, 0.15) is 32.9 Å². The standard InChI is InChI=1S/C20H20ClN3O/c1-13-7-9-17(10-8-13)20(25)22-19-14(2)23-24(15(19)3)12-16-5-4-6-18(21)11-16/h4-11H,12H2,1-3H3,(H,22,25). The highest BCUT2D eigenvalue weighted by atomic mass is 35.5. The number of anilines is 1. The molecule has 0 radical (unpaired) electrons. The first-order valence-electron chi connectivity index (χ1n) is 8.10. The van der Waals surface area contributed by atoms with Crippen LogP contribution in [0.3, 0.4) is 0 Å². The highest BCUT2D eigenvalue weighted by molar-refractivity contribution is 6.30. The summed E-state index contributed by atoms with van der Waals surface area (Å²) in [6.07, 6.45) is 0. The smallest absolute Gasteiger partial charge is 0.255 e. The van der Waals surface area contributed by atoms with Crippen LogP contribution in [-0.4, -0.2) is 15.7 Å². The third-order valence-electron chi connectivity index (χ3n) is 4.16. The zero-order valence-corrected chi connectivity index (χ0v) is 15.3. The van der Waals surface area contributed by atoms with Crippen LogP contribution in [0.5, 0.6) is 0 Å². The zero-order valence-electron chi connectivity index (χ0n) is 14.5. The molecule has 1 heterocycles. The first kappa shape index (κ1) is 17.2. The fraction of sp³-hybridized carbons (Fsp3) is 0.200. The summed E-state index contributed by atoms with van der Waals surface area (Å²) in [5.41, 5.74) is 5.28. The van der Waals surface area contributed by atoms with Gasteiger partial charge in [-0.3, -0.25) is 9.48 Å². The molecular weight excluding hydrogens is 334 g/mol. The summed E-state index contributed by atoms with van der Waals surface area (Å²) in [6, 6.07) is 15.2. The summed E-state index contributed by atoms with van der Waals surface area (Å²) in [7, 11) is 0. The molecule has 25 heavy (non-hydrogen) atoms. The molecule has 128 valence electrons. The van der Waals surface area contributed by atoms with Gasteiger partial charge in [-0.15, -0.1) is 0 Å². The van der Waals surface area contributed by atoms with Gasteiger partial charge in [0.25, 0.3) is 5.91 Å². The quantitative estimate of drug-likeness (QED) is 0.734. The molecule has 1 aromatic heterocycles. The summed E-state index contributed by atoms with van der Waals surface area (Å²) < 4.78 is 1.88. The Balaban J connectivity index is 1.82. The Morgan fingerprint density at radius 3 is 2.52 bits per heavy atom. The van der Waals surface area contributed by atoms with Gasteiger partial charge in [0.05, 0.1) is 23.6 Å². The fourth-order valence-electron chi connectivity index (χ4n) is 2.73. The molecule has 0 atom stereocenters. The first-order chi connectivity index (χ1) is 11.9. The van der Waals surface area contributed by atoms with E-state index in [4.69, 9.17) is 11.6 Å². The summed E-state index contributed by atoms with van der Waals surface area (Å²) in [6.45, 7) is 6.45. The Hall–Kier alpha value is -2.59. The predicted molar refractivity (Wildman–Crippen MR) is 101 cm³/mol. The molecule has 0 fully saturated rings. The molecular formula is C20H20ClN3O. The van der Waals surface area contributed by atoms with Crippen molar-refractivity contribution in [1.82, 2.24) is 9.78 Å². The van der Waals surface area contributed by atoms with Gasteiger partial charge in [0.15, 0.2) is 0 Å². The van der Waals surface area contributed by atoms with Crippen molar-refractivity contribution in [3.05, 3.63) is 81.6 Å². The van der Waals surface area contributed by atoms with Crippen molar-refractivity contribution in [2.24, 2.45) is 0 Å². The first-order valence-corrected chi connectivity index (χ1v) is 8.48. The summed E-state index contributed by atoms with van der Waals surface area (Å²) in [4.78, 5) is 12.5. The second-order valence-electron chi connectivity index (χ2n) is 6.15. The van der Waals surface area contributed by atoms with Crippen LogP contribution in [-0.2, 0) is 6.54 Å². The summed E-state index contributed by atoms with van der Waals surface area (Å²) in [5, 5.41) is 8.24. The van der Waals surface area contributed by atoms with Crippen LogP contribution in [0.4, 0.5) is 5.69 Å². The highest BCUT2D eigenvalue weighted by Gasteiger charge is 2.15. The number of amides is 1. The predicted octanol–water partition coefficient (Wildman–Crippen LogP) is 4.76. The number of aryl methyl sites for hydroxylation is 2. The average Bonchev–Trinajstić information content (AvgIpc) is 2.83. The Morgan fingerprint density at radius 1 is 1.12 bits per heavy atom. The second kappa shape index (κ2) is 7.11. The number of nitrogens with zero attached hydrogens (tertiary/aromatic N) is 2. The second-order valence-corrected chi connectivity index (χ2v) is 6.59. The van der Waals surface area contributed by atoms with Gasteiger partial charge >= 0.3 is 0 Å². The van der Waals surface area contributed by atoms with Crippen molar-refractivity contribution in [3.8, 4) is 0 Å². The van der Waals surface area contributed by atoms with E-state index in [0.29, 0.717) is 17.1 Å². The van der Waals surface area contributed by atoms with E-state index in [1.54, 1.807) is 0 Å². The normalized spacial score (nSPS) is 10.7. The highest BCUT2D eigenvalue weighted by Crippen LogP contribution is 2.22. The number of benzene rings is 2. The number of hydrogen-bond acceptors (Lipinski definition) is 2. The minimum Gasteiger partial charge on any atom is -0.319 e. The van der Waals surface area contributed by atoms with Gasteiger partial charge in [0.1, 0.15) is 0 Å². The Bertz CT molecular complexity index is 913. The minimum atomic E-state index is -0.131. The molecule has 1 N–H and O–H groups in total. The van der Waals surface area contributed by atoms with Gasteiger partial charge in [0.2, 0.25) is 0 Å². The van der Waals surface area contributed by atoms with Crippen LogP contribution in [0, 0.1) is 20.8 Å². The maximum absolute atomic E-state index is 12.5. The lowest BCUT2D eigenvalue weighted by molar-refractivity contribution is 0.102. The largest absolute Gasteiger partial charge is 0.319 e. The minimum absolute atomic E-state index is 0.131. The van der Waals surface area contributed by atoms with Crippen LogP contribution in [0.15, 0.2) is 48.5 Å². The lowest BCUT2D eigenvalue weighted by Gasteiger charge is -2.08. The molecule has 5 heteroatoms. The van der Waals surface area contributed by atoms with Crippen molar-refractivity contribution in [3.63, 3.8) is 0 Å². The molecule has 2 aromatic carbocycles. The SMILES string of the molecule is Cc1ccc(C(=O)Nc2c(C)nn(Cc3cccc(Cl)c3)c2C)cc1. The van der Waals surface area contributed by atoms with E-state index in [-0.39, 0.29) is 5.91 Å². The van der Waals surface area contributed by atoms with Crippen LogP contribution >= 0.6 is 11.6 Å². The summed E-state index contributed by atoms with van der Waals surface area (Å²) >= 11 is 6.05. The number of carbonyl (C=O) groups is 1. The molecule has 1 amide bonds. The summed E-state index contributed by atoms with van der Waals surface area (Å²) in [5.74, 6) is -0.131. The molecule has 0 bridgehead atoms. The topological polar surface area (TPSA) is 46.9 Å². The molecule has 0 spiro atoms. The number of carbonyl (C=O) groups excluding carboxylic acids is 1. The average molecular weight is 354 g/mol. The molecule has 0 unspecified atom stereocenters. The van der Waals surface area contributed by atoms with Gasteiger partial charge in [-0.2, -0.15) is 5.10 Å². The molecule has 0 aliphatic heterocycles. The molecule has 0 saturated carbocycles. The van der Waals surface area contributed by atoms with Crippen molar-refractivity contribution >= 4 is 23.2 Å². The van der Waals surface area contributed by atoms with Gasteiger partial charge in [-0.05, 0) is 50.6 Å². The molecule has 3 aromatic rings. The van der Waals surface area contributed by atoms with Gasteiger partial charge in [0, 0.05) is 10.6 Å².